The molecule has 2 aromatic heterocycles. The molecule has 0 bridgehead atoms. The lowest BCUT2D eigenvalue weighted by Gasteiger charge is -2.36. The van der Waals surface area contributed by atoms with E-state index in [0.29, 0.717) is 37.6 Å². The Balaban J connectivity index is 1.33. The molecule has 0 radical (unpaired) electrons. The van der Waals surface area contributed by atoms with E-state index in [1.165, 1.54) is 12.1 Å². The van der Waals surface area contributed by atoms with Crippen molar-refractivity contribution in [3.63, 3.8) is 0 Å². The number of amides is 2. The average molecular weight is 466 g/mol. The molecule has 0 atom stereocenters. The maximum absolute atomic E-state index is 13.1. The lowest BCUT2D eigenvalue weighted by molar-refractivity contribution is -0.143. The third-order valence-electron chi connectivity index (χ3n) is 5.81. The molecule has 1 saturated heterocycles. The Morgan fingerprint density at radius 3 is 2.35 bits per heavy atom. The second kappa shape index (κ2) is 10.5. The van der Waals surface area contributed by atoms with Gasteiger partial charge < -0.3 is 19.1 Å². The predicted molar refractivity (Wildman–Crippen MR) is 125 cm³/mol. The number of nitrogens with zero attached hydrogens (tertiary/aromatic N) is 5. The van der Waals surface area contributed by atoms with Crippen LogP contribution in [0.2, 0.25) is 0 Å². The number of rotatable bonds is 7. The van der Waals surface area contributed by atoms with E-state index >= 15 is 0 Å². The third-order valence-corrected chi connectivity index (χ3v) is 5.81. The van der Waals surface area contributed by atoms with Crippen LogP contribution in [-0.2, 0) is 16.1 Å². The number of hydrogen-bond donors (Lipinski definition) is 0. The molecule has 0 spiro atoms. The van der Waals surface area contributed by atoms with Crippen LogP contribution in [0, 0.1) is 11.7 Å². The van der Waals surface area contributed by atoms with E-state index < -0.39 is 0 Å². The molecule has 2 amide bonds. The Morgan fingerprint density at radius 2 is 1.76 bits per heavy atom. The zero-order chi connectivity index (χ0) is 24.1. The molecule has 3 aromatic rings. The summed E-state index contributed by atoms with van der Waals surface area (Å²) in [5, 5.41) is 8.59. The van der Waals surface area contributed by atoms with Gasteiger partial charge in [0.05, 0.1) is 18.5 Å². The van der Waals surface area contributed by atoms with Crippen molar-refractivity contribution in [1.29, 1.82) is 0 Å². The highest BCUT2D eigenvalue weighted by atomic mass is 19.1. The minimum atomic E-state index is -0.293. The minimum Gasteiger partial charge on any atom is -0.467 e. The van der Waals surface area contributed by atoms with Gasteiger partial charge >= 0.3 is 0 Å². The van der Waals surface area contributed by atoms with E-state index in [2.05, 4.69) is 15.1 Å². The zero-order valence-corrected chi connectivity index (χ0v) is 19.4. The molecule has 3 heterocycles. The Kier molecular flexibility index (Phi) is 7.20. The van der Waals surface area contributed by atoms with Crippen molar-refractivity contribution >= 4 is 17.6 Å². The highest BCUT2D eigenvalue weighted by molar-refractivity contribution is 5.85. The first kappa shape index (κ1) is 23.4. The topological polar surface area (TPSA) is 82.8 Å². The summed E-state index contributed by atoms with van der Waals surface area (Å²) in [6.07, 6.45) is 1.56. The van der Waals surface area contributed by atoms with Crippen LogP contribution in [0.1, 0.15) is 19.6 Å². The fraction of sp³-hybridized carbons (Fsp3) is 0.360. The molecular weight excluding hydrogens is 437 g/mol. The summed E-state index contributed by atoms with van der Waals surface area (Å²) >= 11 is 0. The van der Waals surface area contributed by atoms with Gasteiger partial charge in [0.25, 0.3) is 0 Å². The number of carbonyl (C=O) groups is 2. The Hall–Kier alpha value is -3.75. The van der Waals surface area contributed by atoms with Crippen LogP contribution < -0.4 is 4.90 Å². The highest BCUT2D eigenvalue weighted by Gasteiger charge is 2.27. The van der Waals surface area contributed by atoms with Gasteiger partial charge in [-0.3, -0.25) is 9.59 Å². The molecule has 0 unspecified atom stereocenters. The van der Waals surface area contributed by atoms with Gasteiger partial charge in [0.1, 0.15) is 18.1 Å². The molecule has 1 aliphatic heterocycles. The van der Waals surface area contributed by atoms with Crippen LogP contribution in [0.15, 0.2) is 59.2 Å². The zero-order valence-electron chi connectivity index (χ0n) is 19.4. The summed E-state index contributed by atoms with van der Waals surface area (Å²) in [7, 11) is 0. The van der Waals surface area contributed by atoms with E-state index in [-0.39, 0.29) is 36.6 Å². The molecule has 8 nitrogen and oxygen atoms in total. The van der Waals surface area contributed by atoms with Gasteiger partial charge in [-0.1, -0.05) is 13.8 Å². The van der Waals surface area contributed by atoms with Gasteiger partial charge in [-0.15, -0.1) is 10.2 Å². The van der Waals surface area contributed by atoms with E-state index in [4.69, 9.17) is 4.42 Å². The number of halogens is 1. The molecule has 1 fully saturated rings. The quantitative estimate of drug-likeness (QED) is 0.533. The summed E-state index contributed by atoms with van der Waals surface area (Å²) in [5.74, 6) is 0.703. The number of piperazine rings is 1. The Morgan fingerprint density at radius 1 is 1.03 bits per heavy atom. The van der Waals surface area contributed by atoms with E-state index in [1.807, 2.05) is 26.0 Å². The number of anilines is 1. The molecule has 178 valence electrons. The third kappa shape index (κ3) is 5.59. The molecule has 4 rings (SSSR count). The summed E-state index contributed by atoms with van der Waals surface area (Å²) in [6, 6.07) is 13.4. The number of furan rings is 1. The number of aromatic nitrogens is 2. The molecule has 0 aliphatic carbocycles. The van der Waals surface area contributed by atoms with Crippen LogP contribution in [0.25, 0.3) is 11.3 Å². The van der Waals surface area contributed by atoms with Crippen LogP contribution in [-0.4, -0.2) is 64.5 Å². The van der Waals surface area contributed by atoms with Gasteiger partial charge in [-0.05, 0) is 48.5 Å². The molecule has 34 heavy (non-hydrogen) atoms. The van der Waals surface area contributed by atoms with Crippen molar-refractivity contribution in [2.75, 3.05) is 37.6 Å². The first-order valence-electron chi connectivity index (χ1n) is 11.3. The van der Waals surface area contributed by atoms with E-state index in [1.54, 1.807) is 40.3 Å². The second-order valence-electron chi connectivity index (χ2n) is 8.58. The normalized spacial score (nSPS) is 13.9. The maximum Gasteiger partial charge on any atom is 0.242 e. The molecule has 0 saturated carbocycles. The lowest BCUT2D eigenvalue weighted by Crippen LogP contribution is -2.52. The van der Waals surface area contributed by atoms with Gasteiger partial charge in [0, 0.05) is 37.7 Å². The number of carbonyl (C=O) groups excluding carboxylic acids is 2. The van der Waals surface area contributed by atoms with E-state index in [0.717, 1.165) is 11.4 Å². The standard InChI is InChI=1S/C25H28FN5O3/c1-18(2)25(33)31(16-21-4-3-15-34-21)17-24(32)30-13-11-29(12-14-30)23-10-9-22(27-28-23)19-5-7-20(26)8-6-19/h3-10,15,18H,11-14,16-17H2,1-2H3. The van der Waals surface area contributed by atoms with Crippen LogP contribution in [0.4, 0.5) is 10.2 Å². The average Bonchev–Trinajstić information content (AvgIpc) is 3.37. The molecule has 1 aromatic carbocycles. The monoisotopic (exact) mass is 465 g/mol. The second-order valence-corrected chi connectivity index (χ2v) is 8.58. The van der Waals surface area contributed by atoms with Gasteiger partial charge in [-0.2, -0.15) is 0 Å². The Bertz CT molecular complexity index is 1090. The summed E-state index contributed by atoms with van der Waals surface area (Å²) in [5.41, 5.74) is 1.47. The molecule has 1 aliphatic rings. The van der Waals surface area contributed by atoms with Gasteiger partial charge in [0.15, 0.2) is 5.82 Å². The fourth-order valence-electron chi connectivity index (χ4n) is 3.88. The van der Waals surface area contributed by atoms with Crippen LogP contribution >= 0.6 is 0 Å². The predicted octanol–water partition coefficient (Wildman–Crippen LogP) is 3.21. The summed E-state index contributed by atoms with van der Waals surface area (Å²) in [4.78, 5) is 31.0. The van der Waals surface area contributed by atoms with Crippen molar-refractivity contribution in [3.05, 3.63) is 66.4 Å². The van der Waals surface area contributed by atoms with Crippen LogP contribution in [0.3, 0.4) is 0 Å². The van der Waals surface area contributed by atoms with Crippen LogP contribution in [0.5, 0.6) is 0 Å². The van der Waals surface area contributed by atoms with Crippen molar-refractivity contribution in [2.45, 2.75) is 20.4 Å². The van der Waals surface area contributed by atoms with Crippen molar-refractivity contribution in [3.8, 4) is 11.3 Å². The van der Waals surface area contributed by atoms with Gasteiger partial charge in [-0.25, -0.2) is 4.39 Å². The van der Waals surface area contributed by atoms with Crippen molar-refractivity contribution < 1.29 is 18.4 Å². The minimum absolute atomic E-state index is 0.0177. The van der Waals surface area contributed by atoms with Crippen molar-refractivity contribution in [2.24, 2.45) is 5.92 Å². The maximum atomic E-state index is 13.1. The van der Waals surface area contributed by atoms with Crippen molar-refractivity contribution in [1.82, 2.24) is 20.0 Å². The first-order valence-corrected chi connectivity index (χ1v) is 11.3. The lowest BCUT2D eigenvalue weighted by atomic mass is 10.1. The summed E-state index contributed by atoms with van der Waals surface area (Å²) < 4.78 is 18.5. The molecule has 9 heteroatoms. The fourth-order valence-corrected chi connectivity index (χ4v) is 3.88. The molecule has 0 N–H and O–H groups in total. The smallest absolute Gasteiger partial charge is 0.242 e. The highest BCUT2D eigenvalue weighted by Crippen LogP contribution is 2.20. The van der Waals surface area contributed by atoms with E-state index in [9.17, 15) is 14.0 Å². The SMILES string of the molecule is CC(C)C(=O)N(CC(=O)N1CCN(c2ccc(-c3ccc(F)cc3)nn2)CC1)Cc1ccco1. The van der Waals surface area contributed by atoms with Gasteiger partial charge in [0.2, 0.25) is 11.8 Å². The molecular formula is C25H28FN5O3. The summed E-state index contributed by atoms with van der Waals surface area (Å²) in [6.45, 7) is 6.23. The Labute approximate surface area is 198 Å². The number of benzene rings is 1. The largest absolute Gasteiger partial charge is 0.467 e. The number of hydrogen-bond acceptors (Lipinski definition) is 6. The first-order chi connectivity index (χ1) is 16.4.